The predicted octanol–water partition coefficient (Wildman–Crippen LogP) is 0.514. The summed E-state index contributed by atoms with van der Waals surface area (Å²) in [6.07, 6.45) is 1.40. The number of piperidine rings is 1. The van der Waals surface area contributed by atoms with Gasteiger partial charge < -0.3 is 19.7 Å². The van der Waals surface area contributed by atoms with Crippen LogP contribution >= 0.6 is 0 Å². The largest absolute Gasteiger partial charge is 0.347 e. The Bertz CT molecular complexity index is 373. The first kappa shape index (κ1) is 15.3. The Balaban J connectivity index is 1.76. The van der Waals surface area contributed by atoms with E-state index < -0.39 is 11.2 Å². The summed E-state index contributed by atoms with van der Waals surface area (Å²) in [7, 11) is 0. The predicted molar refractivity (Wildman–Crippen MR) is 72.9 cm³/mol. The van der Waals surface area contributed by atoms with Gasteiger partial charge in [-0.15, -0.1) is 0 Å². The lowest BCUT2D eigenvalue weighted by Crippen LogP contribution is -2.50. The standard InChI is InChI=1S/C14H24N2O4/c1-13(2,3)12(18)15-10-11(17)16-6-4-14(5-7-16)19-8-9-20-14/h4-10H2,1-3H3,(H,15,18). The van der Waals surface area contributed by atoms with Crippen LogP contribution in [-0.4, -0.2) is 55.3 Å². The van der Waals surface area contributed by atoms with Crippen LogP contribution < -0.4 is 5.32 Å². The van der Waals surface area contributed by atoms with Crippen molar-refractivity contribution < 1.29 is 19.1 Å². The number of rotatable bonds is 2. The number of carbonyl (C=O) groups is 2. The number of likely N-dealkylation sites (tertiary alicyclic amines) is 1. The van der Waals surface area contributed by atoms with Crippen molar-refractivity contribution in [2.24, 2.45) is 5.41 Å². The summed E-state index contributed by atoms with van der Waals surface area (Å²) in [6, 6.07) is 0. The van der Waals surface area contributed by atoms with Crippen LogP contribution in [-0.2, 0) is 19.1 Å². The average Bonchev–Trinajstić information content (AvgIpc) is 2.83. The van der Waals surface area contributed by atoms with Crippen molar-refractivity contribution in [1.29, 1.82) is 0 Å². The van der Waals surface area contributed by atoms with Crippen molar-refractivity contribution in [3.8, 4) is 0 Å². The van der Waals surface area contributed by atoms with Crippen LogP contribution in [0.4, 0.5) is 0 Å². The Morgan fingerprint density at radius 2 is 1.70 bits per heavy atom. The van der Waals surface area contributed by atoms with E-state index in [0.717, 1.165) is 0 Å². The molecule has 2 aliphatic heterocycles. The fraction of sp³-hybridized carbons (Fsp3) is 0.857. The van der Waals surface area contributed by atoms with Crippen LogP contribution in [0.5, 0.6) is 0 Å². The summed E-state index contributed by atoms with van der Waals surface area (Å²) in [4.78, 5) is 25.6. The average molecular weight is 284 g/mol. The third-order valence-corrected chi connectivity index (χ3v) is 3.77. The number of amides is 2. The highest BCUT2D eigenvalue weighted by molar-refractivity contribution is 5.87. The first-order valence-corrected chi connectivity index (χ1v) is 7.16. The Morgan fingerprint density at radius 3 is 2.20 bits per heavy atom. The van der Waals surface area contributed by atoms with Crippen molar-refractivity contribution in [3.05, 3.63) is 0 Å². The van der Waals surface area contributed by atoms with Gasteiger partial charge in [0, 0.05) is 31.3 Å². The van der Waals surface area contributed by atoms with Gasteiger partial charge in [-0.05, 0) is 0 Å². The summed E-state index contributed by atoms with van der Waals surface area (Å²) < 4.78 is 11.2. The van der Waals surface area contributed by atoms with Gasteiger partial charge in [-0.1, -0.05) is 20.8 Å². The number of nitrogens with one attached hydrogen (secondary N) is 1. The lowest BCUT2D eigenvalue weighted by Gasteiger charge is -2.37. The van der Waals surface area contributed by atoms with E-state index in [1.54, 1.807) is 4.90 Å². The molecule has 114 valence electrons. The summed E-state index contributed by atoms with van der Waals surface area (Å²) >= 11 is 0. The van der Waals surface area contributed by atoms with E-state index in [0.29, 0.717) is 39.1 Å². The van der Waals surface area contributed by atoms with Crippen LogP contribution in [0.2, 0.25) is 0 Å². The SMILES string of the molecule is CC(C)(C)C(=O)NCC(=O)N1CCC2(CC1)OCCO2. The smallest absolute Gasteiger partial charge is 0.241 e. The first-order valence-electron chi connectivity index (χ1n) is 7.16. The molecule has 2 saturated heterocycles. The van der Waals surface area contributed by atoms with Crippen molar-refractivity contribution in [2.75, 3.05) is 32.8 Å². The van der Waals surface area contributed by atoms with Crippen molar-refractivity contribution in [3.63, 3.8) is 0 Å². The number of hydrogen-bond donors (Lipinski definition) is 1. The second kappa shape index (κ2) is 5.69. The zero-order chi connectivity index (χ0) is 14.8. The second-order valence-corrected chi connectivity index (χ2v) is 6.42. The van der Waals surface area contributed by atoms with Gasteiger partial charge in [0.15, 0.2) is 5.79 Å². The first-order chi connectivity index (χ1) is 9.32. The van der Waals surface area contributed by atoms with Gasteiger partial charge in [0.1, 0.15) is 0 Å². The highest BCUT2D eigenvalue weighted by Gasteiger charge is 2.40. The molecular weight excluding hydrogens is 260 g/mol. The van der Waals surface area contributed by atoms with Gasteiger partial charge in [0.05, 0.1) is 19.8 Å². The number of ether oxygens (including phenoxy) is 2. The molecule has 0 aromatic rings. The number of nitrogens with zero attached hydrogens (tertiary/aromatic N) is 1. The lowest BCUT2D eigenvalue weighted by molar-refractivity contribution is -0.187. The van der Waals surface area contributed by atoms with E-state index in [4.69, 9.17) is 9.47 Å². The zero-order valence-electron chi connectivity index (χ0n) is 12.5. The number of hydrogen-bond acceptors (Lipinski definition) is 4. The maximum absolute atomic E-state index is 12.1. The normalized spacial score (nSPS) is 22.1. The molecule has 1 spiro atoms. The summed E-state index contributed by atoms with van der Waals surface area (Å²) in [5.74, 6) is -0.622. The molecule has 2 amide bonds. The van der Waals surface area contributed by atoms with E-state index in [1.807, 2.05) is 20.8 Å². The minimum absolute atomic E-state index is 0.0459. The summed E-state index contributed by atoms with van der Waals surface area (Å²) in [6.45, 7) is 8.04. The maximum Gasteiger partial charge on any atom is 0.241 e. The molecule has 0 atom stereocenters. The van der Waals surface area contributed by atoms with Gasteiger partial charge in [0.2, 0.25) is 11.8 Å². The third-order valence-electron chi connectivity index (χ3n) is 3.77. The molecule has 0 radical (unpaired) electrons. The molecule has 1 N–H and O–H groups in total. The van der Waals surface area contributed by atoms with Gasteiger partial charge >= 0.3 is 0 Å². The molecule has 2 aliphatic rings. The molecule has 0 unspecified atom stereocenters. The van der Waals surface area contributed by atoms with E-state index in [2.05, 4.69) is 5.32 Å². The van der Waals surface area contributed by atoms with E-state index >= 15 is 0 Å². The van der Waals surface area contributed by atoms with Crippen LogP contribution in [0.1, 0.15) is 33.6 Å². The number of carbonyl (C=O) groups excluding carboxylic acids is 2. The molecule has 0 aromatic carbocycles. The maximum atomic E-state index is 12.1. The van der Waals surface area contributed by atoms with Crippen LogP contribution in [0.15, 0.2) is 0 Å². The van der Waals surface area contributed by atoms with Gasteiger partial charge in [-0.2, -0.15) is 0 Å². The van der Waals surface area contributed by atoms with Crippen molar-refractivity contribution in [2.45, 2.75) is 39.4 Å². The Morgan fingerprint density at radius 1 is 1.15 bits per heavy atom. The van der Waals surface area contributed by atoms with Crippen molar-refractivity contribution in [1.82, 2.24) is 10.2 Å². The second-order valence-electron chi connectivity index (χ2n) is 6.42. The molecule has 2 rings (SSSR count). The highest BCUT2D eigenvalue weighted by atomic mass is 16.7. The van der Waals surface area contributed by atoms with Crippen molar-refractivity contribution >= 4 is 11.8 Å². The molecule has 0 aliphatic carbocycles. The molecule has 6 heteroatoms. The Labute approximate surface area is 119 Å². The molecule has 20 heavy (non-hydrogen) atoms. The molecule has 0 saturated carbocycles. The quantitative estimate of drug-likeness (QED) is 0.802. The van der Waals surface area contributed by atoms with Gasteiger partial charge in [-0.3, -0.25) is 9.59 Å². The molecule has 0 aromatic heterocycles. The third kappa shape index (κ3) is 3.49. The van der Waals surface area contributed by atoms with E-state index in [-0.39, 0.29) is 18.4 Å². The molecular formula is C14H24N2O4. The Hall–Kier alpha value is -1.14. The molecule has 0 bridgehead atoms. The zero-order valence-corrected chi connectivity index (χ0v) is 12.5. The minimum atomic E-state index is -0.474. The van der Waals surface area contributed by atoms with E-state index in [1.165, 1.54) is 0 Å². The van der Waals surface area contributed by atoms with Crippen LogP contribution in [0.25, 0.3) is 0 Å². The summed E-state index contributed by atoms with van der Waals surface area (Å²) in [5, 5.41) is 2.69. The van der Waals surface area contributed by atoms with Gasteiger partial charge in [-0.25, -0.2) is 0 Å². The Kier molecular flexibility index (Phi) is 4.34. The van der Waals surface area contributed by atoms with E-state index in [9.17, 15) is 9.59 Å². The van der Waals surface area contributed by atoms with Crippen LogP contribution in [0, 0.1) is 5.41 Å². The lowest BCUT2D eigenvalue weighted by atomic mass is 9.96. The summed E-state index contributed by atoms with van der Waals surface area (Å²) in [5.41, 5.74) is -0.474. The topological polar surface area (TPSA) is 67.9 Å². The fourth-order valence-electron chi connectivity index (χ4n) is 2.42. The molecule has 2 fully saturated rings. The highest BCUT2D eigenvalue weighted by Crippen LogP contribution is 2.31. The monoisotopic (exact) mass is 284 g/mol. The van der Waals surface area contributed by atoms with Gasteiger partial charge in [0.25, 0.3) is 0 Å². The molecule has 6 nitrogen and oxygen atoms in total. The van der Waals surface area contributed by atoms with Crippen LogP contribution in [0.3, 0.4) is 0 Å². The fourth-order valence-corrected chi connectivity index (χ4v) is 2.42. The molecule has 2 heterocycles. The minimum Gasteiger partial charge on any atom is -0.347 e.